The minimum absolute atomic E-state index is 0.0367. The highest BCUT2D eigenvalue weighted by molar-refractivity contribution is 5.99. The van der Waals surface area contributed by atoms with Crippen LogP contribution in [0.3, 0.4) is 0 Å². The fourth-order valence-corrected chi connectivity index (χ4v) is 3.24. The molecule has 1 aliphatic rings. The Morgan fingerprint density at radius 3 is 2.70 bits per heavy atom. The summed E-state index contributed by atoms with van der Waals surface area (Å²) in [6.07, 6.45) is -0.0971. The lowest BCUT2D eigenvalue weighted by atomic mass is 10.1. The van der Waals surface area contributed by atoms with Crippen molar-refractivity contribution in [3.05, 3.63) is 58.6 Å². The van der Waals surface area contributed by atoms with Gasteiger partial charge in [-0.05, 0) is 37.1 Å². The first-order valence-electron chi connectivity index (χ1n) is 8.26. The summed E-state index contributed by atoms with van der Waals surface area (Å²) in [6.45, 7) is 0. The van der Waals surface area contributed by atoms with Crippen LogP contribution in [0, 0.1) is 0 Å². The summed E-state index contributed by atoms with van der Waals surface area (Å²) in [6, 6.07) is 5.42. The van der Waals surface area contributed by atoms with E-state index in [1.807, 2.05) is 0 Å². The fraction of sp³-hybridized carbons (Fsp3) is 0.222. The standard InChI is InChI=1S/C18H11F3N4O2/c19-18(20,21)12-6-5-10-15-14(23-8-27-15)17(26)25(16(10)24-12)11-2-1-7-22-13(11)9-3-4-9/h1-2,5-9H,3-4H2. The summed E-state index contributed by atoms with van der Waals surface area (Å²) < 4.78 is 46.1. The molecule has 5 rings (SSSR count). The van der Waals surface area contributed by atoms with E-state index in [9.17, 15) is 18.0 Å². The normalized spacial score (nSPS) is 14.9. The molecule has 0 spiro atoms. The second-order valence-corrected chi connectivity index (χ2v) is 6.42. The van der Waals surface area contributed by atoms with E-state index in [1.54, 1.807) is 18.3 Å². The van der Waals surface area contributed by atoms with Crippen LogP contribution in [-0.4, -0.2) is 19.5 Å². The number of pyridine rings is 3. The van der Waals surface area contributed by atoms with Crippen molar-refractivity contribution >= 4 is 22.1 Å². The van der Waals surface area contributed by atoms with Gasteiger partial charge >= 0.3 is 6.18 Å². The van der Waals surface area contributed by atoms with Gasteiger partial charge in [0.25, 0.3) is 5.56 Å². The lowest BCUT2D eigenvalue weighted by Gasteiger charge is -2.14. The first-order chi connectivity index (χ1) is 12.9. The molecule has 0 aromatic carbocycles. The van der Waals surface area contributed by atoms with Crippen molar-refractivity contribution in [2.45, 2.75) is 24.9 Å². The lowest BCUT2D eigenvalue weighted by molar-refractivity contribution is -0.141. The SMILES string of the molecule is O=c1c2ncoc2c2ccc(C(F)(F)F)nc2n1-c1cccnc1C1CC1. The minimum atomic E-state index is -4.64. The third-order valence-electron chi connectivity index (χ3n) is 4.62. The molecule has 4 aromatic heterocycles. The van der Waals surface area contributed by atoms with Crippen LogP contribution in [0.1, 0.15) is 30.1 Å². The van der Waals surface area contributed by atoms with Gasteiger partial charge in [0.15, 0.2) is 23.1 Å². The van der Waals surface area contributed by atoms with Crippen LogP contribution in [0.4, 0.5) is 13.2 Å². The van der Waals surface area contributed by atoms with Crippen LogP contribution in [0.5, 0.6) is 0 Å². The number of alkyl halides is 3. The molecule has 4 heterocycles. The van der Waals surface area contributed by atoms with Gasteiger partial charge < -0.3 is 4.42 Å². The summed E-state index contributed by atoms with van der Waals surface area (Å²) in [5.41, 5.74) is -0.561. The highest BCUT2D eigenvalue weighted by Gasteiger charge is 2.34. The molecule has 1 aliphatic carbocycles. The monoisotopic (exact) mass is 372 g/mol. The first-order valence-corrected chi connectivity index (χ1v) is 8.26. The zero-order chi connectivity index (χ0) is 18.8. The molecule has 0 atom stereocenters. The average Bonchev–Trinajstić information content (AvgIpc) is 3.37. The Kier molecular flexibility index (Phi) is 3.19. The van der Waals surface area contributed by atoms with E-state index in [4.69, 9.17) is 4.42 Å². The van der Waals surface area contributed by atoms with Crippen LogP contribution >= 0.6 is 0 Å². The van der Waals surface area contributed by atoms with Gasteiger partial charge in [0.1, 0.15) is 5.69 Å². The van der Waals surface area contributed by atoms with Crippen molar-refractivity contribution in [3.8, 4) is 5.69 Å². The molecule has 9 heteroatoms. The summed E-state index contributed by atoms with van der Waals surface area (Å²) in [7, 11) is 0. The summed E-state index contributed by atoms with van der Waals surface area (Å²) in [5.74, 6) is 0.182. The first kappa shape index (κ1) is 16.0. The Morgan fingerprint density at radius 2 is 1.96 bits per heavy atom. The molecular weight excluding hydrogens is 361 g/mol. The Labute approximate surface area is 149 Å². The number of hydrogen-bond acceptors (Lipinski definition) is 5. The van der Waals surface area contributed by atoms with E-state index >= 15 is 0 Å². The molecule has 0 amide bonds. The van der Waals surface area contributed by atoms with Gasteiger partial charge in [-0.3, -0.25) is 14.3 Å². The zero-order valence-electron chi connectivity index (χ0n) is 13.7. The fourth-order valence-electron chi connectivity index (χ4n) is 3.24. The molecule has 0 bridgehead atoms. The van der Waals surface area contributed by atoms with Crippen molar-refractivity contribution in [3.63, 3.8) is 0 Å². The second kappa shape index (κ2) is 5.38. The molecule has 1 fully saturated rings. The minimum Gasteiger partial charge on any atom is -0.442 e. The van der Waals surface area contributed by atoms with Crippen molar-refractivity contribution in [1.29, 1.82) is 0 Å². The highest BCUT2D eigenvalue weighted by Crippen LogP contribution is 2.41. The number of halogens is 3. The molecule has 0 N–H and O–H groups in total. The van der Waals surface area contributed by atoms with Gasteiger partial charge in [-0.25, -0.2) is 9.97 Å². The predicted octanol–water partition coefficient (Wildman–Crippen LogP) is 3.82. The lowest BCUT2D eigenvalue weighted by Crippen LogP contribution is -2.22. The van der Waals surface area contributed by atoms with E-state index in [2.05, 4.69) is 15.0 Å². The maximum absolute atomic E-state index is 13.2. The Morgan fingerprint density at radius 1 is 1.15 bits per heavy atom. The number of aromatic nitrogens is 4. The Hall–Kier alpha value is -3.23. The molecule has 1 saturated carbocycles. The number of hydrogen-bond donors (Lipinski definition) is 0. The van der Waals surface area contributed by atoms with Crippen LogP contribution < -0.4 is 5.56 Å². The highest BCUT2D eigenvalue weighted by atomic mass is 19.4. The molecule has 0 saturated heterocycles. The third-order valence-corrected chi connectivity index (χ3v) is 4.62. The smallest absolute Gasteiger partial charge is 0.433 e. The second-order valence-electron chi connectivity index (χ2n) is 6.42. The Bertz CT molecular complexity index is 1260. The van der Waals surface area contributed by atoms with Crippen LogP contribution in [0.15, 0.2) is 46.1 Å². The molecule has 27 heavy (non-hydrogen) atoms. The van der Waals surface area contributed by atoms with Gasteiger partial charge in [0.2, 0.25) is 0 Å². The molecule has 136 valence electrons. The van der Waals surface area contributed by atoms with Crippen LogP contribution in [0.2, 0.25) is 0 Å². The van der Waals surface area contributed by atoms with Gasteiger partial charge in [0, 0.05) is 12.1 Å². The topological polar surface area (TPSA) is 73.8 Å². The summed E-state index contributed by atoms with van der Waals surface area (Å²) in [4.78, 5) is 25.1. The number of rotatable bonds is 2. The van der Waals surface area contributed by atoms with Gasteiger partial charge in [0.05, 0.1) is 16.8 Å². The van der Waals surface area contributed by atoms with Crippen molar-refractivity contribution in [2.75, 3.05) is 0 Å². The third kappa shape index (κ3) is 2.42. The molecule has 6 nitrogen and oxygen atoms in total. The largest absolute Gasteiger partial charge is 0.442 e. The predicted molar refractivity (Wildman–Crippen MR) is 89.7 cm³/mol. The van der Waals surface area contributed by atoms with Crippen molar-refractivity contribution in [2.24, 2.45) is 0 Å². The number of fused-ring (bicyclic) bond motifs is 3. The van der Waals surface area contributed by atoms with E-state index in [1.165, 1.54) is 6.07 Å². The number of nitrogens with zero attached hydrogens (tertiary/aromatic N) is 4. The van der Waals surface area contributed by atoms with E-state index in [0.29, 0.717) is 11.4 Å². The maximum atomic E-state index is 13.2. The molecular formula is C18H11F3N4O2. The van der Waals surface area contributed by atoms with E-state index in [-0.39, 0.29) is 28.1 Å². The number of oxazole rings is 1. The van der Waals surface area contributed by atoms with E-state index in [0.717, 1.165) is 29.9 Å². The van der Waals surface area contributed by atoms with Crippen molar-refractivity contribution in [1.82, 2.24) is 19.5 Å². The van der Waals surface area contributed by atoms with E-state index < -0.39 is 17.4 Å². The van der Waals surface area contributed by atoms with Gasteiger partial charge in [-0.1, -0.05) is 0 Å². The molecule has 0 aliphatic heterocycles. The average molecular weight is 372 g/mol. The molecule has 4 aromatic rings. The van der Waals surface area contributed by atoms with Crippen molar-refractivity contribution < 1.29 is 17.6 Å². The summed E-state index contributed by atoms with van der Waals surface area (Å²) >= 11 is 0. The quantitative estimate of drug-likeness (QED) is 0.535. The van der Waals surface area contributed by atoms with Gasteiger partial charge in [-0.2, -0.15) is 13.2 Å². The summed E-state index contributed by atoms with van der Waals surface area (Å²) in [5, 5.41) is 0.278. The molecule has 0 unspecified atom stereocenters. The van der Waals surface area contributed by atoms with Crippen LogP contribution in [-0.2, 0) is 6.18 Å². The maximum Gasteiger partial charge on any atom is 0.433 e. The van der Waals surface area contributed by atoms with Crippen LogP contribution in [0.25, 0.3) is 27.8 Å². The molecule has 0 radical (unpaired) electrons. The zero-order valence-corrected chi connectivity index (χ0v) is 13.7. The Balaban J connectivity index is 1.95. The van der Waals surface area contributed by atoms with Gasteiger partial charge in [-0.15, -0.1) is 0 Å².